The van der Waals surface area contributed by atoms with Gasteiger partial charge in [-0.15, -0.1) is 0 Å². The number of rotatable bonds is 4. The lowest BCUT2D eigenvalue weighted by Crippen LogP contribution is -2.09. The smallest absolute Gasteiger partial charge is 0.341 e. The molecule has 0 amide bonds. The van der Waals surface area contributed by atoms with Gasteiger partial charge in [0, 0.05) is 0 Å². The van der Waals surface area contributed by atoms with Gasteiger partial charge in [0.05, 0.1) is 18.0 Å². The first-order chi connectivity index (χ1) is 9.70. The van der Waals surface area contributed by atoms with Gasteiger partial charge in [0.1, 0.15) is 6.61 Å². The topological polar surface area (TPSA) is 52.1 Å². The Morgan fingerprint density at radius 3 is 2.50 bits per heavy atom. The van der Waals surface area contributed by atoms with Crippen molar-refractivity contribution in [3.8, 4) is 0 Å². The standard InChI is InChI=1S/C15H13FN2O2/c1-2-13(14-17-8-12(16)9-18-14)15(19)20-10-11-6-4-3-5-7-11/h2-9H,10H2,1H3/b13-2-. The fourth-order valence-electron chi connectivity index (χ4n) is 1.59. The molecule has 20 heavy (non-hydrogen) atoms. The first kappa shape index (κ1) is 13.9. The van der Waals surface area contributed by atoms with Crippen LogP contribution in [0.3, 0.4) is 0 Å². The second-order valence-corrected chi connectivity index (χ2v) is 3.99. The van der Waals surface area contributed by atoms with Crippen molar-refractivity contribution >= 4 is 11.5 Å². The van der Waals surface area contributed by atoms with Gasteiger partial charge in [-0.1, -0.05) is 36.4 Å². The highest BCUT2D eigenvalue weighted by Crippen LogP contribution is 2.12. The van der Waals surface area contributed by atoms with Gasteiger partial charge in [0.25, 0.3) is 0 Å². The van der Waals surface area contributed by atoms with Gasteiger partial charge in [0.2, 0.25) is 0 Å². The quantitative estimate of drug-likeness (QED) is 0.634. The average molecular weight is 272 g/mol. The second-order valence-electron chi connectivity index (χ2n) is 3.99. The summed E-state index contributed by atoms with van der Waals surface area (Å²) in [6.45, 7) is 1.84. The predicted octanol–water partition coefficient (Wildman–Crippen LogP) is 2.76. The van der Waals surface area contributed by atoms with E-state index in [0.717, 1.165) is 18.0 Å². The molecule has 2 aromatic rings. The molecule has 0 aliphatic heterocycles. The lowest BCUT2D eigenvalue weighted by Gasteiger charge is -2.07. The fourth-order valence-corrected chi connectivity index (χ4v) is 1.59. The number of aromatic nitrogens is 2. The van der Waals surface area contributed by atoms with Gasteiger partial charge in [-0.25, -0.2) is 19.2 Å². The molecule has 0 aliphatic rings. The van der Waals surface area contributed by atoms with E-state index in [1.165, 1.54) is 0 Å². The van der Waals surface area contributed by atoms with Crippen LogP contribution in [-0.2, 0) is 16.1 Å². The molecule has 1 aromatic heterocycles. The van der Waals surface area contributed by atoms with E-state index in [1.807, 2.05) is 30.3 Å². The Morgan fingerprint density at radius 2 is 1.90 bits per heavy atom. The molecular weight excluding hydrogens is 259 g/mol. The maximum atomic E-state index is 12.8. The number of ether oxygens (including phenoxy) is 1. The van der Waals surface area contributed by atoms with E-state index in [2.05, 4.69) is 9.97 Å². The van der Waals surface area contributed by atoms with Gasteiger partial charge < -0.3 is 4.74 Å². The molecule has 0 saturated heterocycles. The van der Waals surface area contributed by atoms with Crippen molar-refractivity contribution in [3.05, 3.63) is 66.0 Å². The molecule has 0 unspecified atom stereocenters. The number of nitrogens with zero attached hydrogens (tertiary/aromatic N) is 2. The summed E-state index contributed by atoms with van der Waals surface area (Å²) < 4.78 is 17.9. The molecule has 0 atom stereocenters. The third-order valence-electron chi connectivity index (χ3n) is 2.58. The number of allylic oxidation sites excluding steroid dienone is 1. The Labute approximate surface area is 116 Å². The van der Waals surface area contributed by atoms with Crippen molar-refractivity contribution in [2.75, 3.05) is 0 Å². The molecule has 5 heteroatoms. The number of hydrogen-bond donors (Lipinski definition) is 0. The highest BCUT2D eigenvalue weighted by atomic mass is 19.1. The van der Waals surface area contributed by atoms with Crippen LogP contribution in [-0.4, -0.2) is 15.9 Å². The third-order valence-corrected chi connectivity index (χ3v) is 2.58. The highest BCUT2D eigenvalue weighted by molar-refractivity contribution is 6.15. The zero-order valence-corrected chi connectivity index (χ0v) is 10.9. The van der Waals surface area contributed by atoms with Crippen molar-refractivity contribution in [1.82, 2.24) is 9.97 Å². The first-order valence-electron chi connectivity index (χ1n) is 6.06. The number of carbonyl (C=O) groups excluding carboxylic acids is 1. The lowest BCUT2D eigenvalue weighted by atomic mass is 10.2. The van der Waals surface area contributed by atoms with Crippen LogP contribution in [0.15, 0.2) is 48.8 Å². The number of halogens is 1. The van der Waals surface area contributed by atoms with Gasteiger partial charge in [-0.3, -0.25) is 0 Å². The molecule has 0 radical (unpaired) electrons. The monoisotopic (exact) mass is 272 g/mol. The van der Waals surface area contributed by atoms with E-state index in [0.29, 0.717) is 0 Å². The van der Waals surface area contributed by atoms with Crippen molar-refractivity contribution in [1.29, 1.82) is 0 Å². The van der Waals surface area contributed by atoms with E-state index < -0.39 is 11.8 Å². The Balaban J connectivity index is 2.05. The summed E-state index contributed by atoms with van der Waals surface area (Å²) in [6.07, 6.45) is 3.56. The number of benzene rings is 1. The average Bonchev–Trinajstić information content (AvgIpc) is 2.49. The van der Waals surface area contributed by atoms with Crippen LogP contribution in [0.25, 0.3) is 5.57 Å². The van der Waals surface area contributed by atoms with Crippen molar-refractivity contribution < 1.29 is 13.9 Å². The van der Waals surface area contributed by atoms with Crippen LogP contribution >= 0.6 is 0 Å². The van der Waals surface area contributed by atoms with Crippen LogP contribution in [0.4, 0.5) is 4.39 Å². The van der Waals surface area contributed by atoms with Gasteiger partial charge in [-0.05, 0) is 12.5 Å². The minimum absolute atomic E-state index is 0.145. The molecule has 1 aromatic carbocycles. The van der Waals surface area contributed by atoms with Crippen molar-refractivity contribution in [3.63, 3.8) is 0 Å². The molecule has 0 aliphatic carbocycles. The summed E-state index contributed by atoms with van der Waals surface area (Å²) in [6, 6.07) is 9.33. The summed E-state index contributed by atoms with van der Waals surface area (Å²) in [5, 5.41) is 0. The fraction of sp³-hybridized carbons (Fsp3) is 0.133. The number of hydrogen-bond acceptors (Lipinski definition) is 4. The summed E-state index contributed by atoms with van der Waals surface area (Å²) in [5.41, 5.74) is 1.09. The molecular formula is C15H13FN2O2. The normalized spacial score (nSPS) is 11.2. The van der Waals surface area contributed by atoms with E-state index >= 15 is 0 Å². The predicted molar refractivity (Wildman–Crippen MR) is 71.9 cm³/mol. The third kappa shape index (κ3) is 3.47. The van der Waals surface area contributed by atoms with Gasteiger partial charge in [0.15, 0.2) is 11.6 Å². The number of carbonyl (C=O) groups is 1. The molecule has 4 nitrogen and oxygen atoms in total. The largest absolute Gasteiger partial charge is 0.457 e. The maximum absolute atomic E-state index is 12.8. The number of esters is 1. The minimum atomic E-state index is -0.554. The summed E-state index contributed by atoms with van der Waals surface area (Å²) in [4.78, 5) is 19.5. The summed E-state index contributed by atoms with van der Waals surface area (Å²) in [7, 11) is 0. The zero-order valence-electron chi connectivity index (χ0n) is 10.9. The van der Waals surface area contributed by atoms with E-state index in [-0.39, 0.29) is 18.0 Å². The highest BCUT2D eigenvalue weighted by Gasteiger charge is 2.15. The van der Waals surface area contributed by atoms with Crippen LogP contribution in [0.1, 0.15) is 18.3 Å². The van der Waals surface area contributed by atoms with Gasteiger partial charge in [-0.2, -0.15) is 0 Å². The van der Waals surface area contributed by atoms with Crippen molar-refractivity contribution in [2.45, 2.75) is 13.5 Å². The first-order valence-corrected chi connectivity index (χ1v) is 6.06. The zero-order chi connectivity index (χ0) is 14.4. The summed E-state index contributed by atoms with van der Waals surface area (Å²) >= 11 is 0. The molecule has 0 N–H and O–H groups in total. The Kier molecular flexibility index (Phi) is 4.55. The lowest BCUT2D eigenvalue weighted by molar-refractivity contribution is -0.137. The molecule has 0 spiro atoms. The summed E-state index contributed by atoms with van der Waals surface area (Å²) in [5.74, 6) is -0.947. The van der Waals surface area contributed by atoms with Gasteiger partial charge >= 0.3 is 5.97 Å². The minimum Gasteiger partial charge on any atom is -0.457 e. The van der Waals surface area contributed by atoms with E-state index in [4.69, 9.17) is 4.74 Å². The Bertz CT molecular complexity index is 610. The molecule has 0 bridgehead atoms. The van der Waals surface area contributed by atoms with Crippen molar-refractivity contribution in [2.24, 2.45) is 0 Å². The SMILES string of the molecule is C/C=C(\C(=O)OCc1ccccc1)c1ncc(F)cn1. The van der Waals surface area contributed by atoms with Crippen LogP contribution in [0.5, 0.6) is 0 Å². The molecule has 0 saturated carbocycles. The molecule has 102 valence electrons. The maximum Gasteiger partial charge on any atom is 0.341 e. The molecule has 0 fully saturated rings. The van der Waals surface area contributed by atoms with E-state index in [9.17, 15) is 9.18 Å². The van der Waals surface area contributed by atoms with Crippen LogP contribution in [0.2, 0.25) is 0 Å². The molecule has 2 rings (SSSR count). The molecule has 1 heterocycles. The Morgan fingerprint density at radius 1 is 1.25 bits per heavy atom. The van der Waals surface area contributed by atoms with E-state index in [1.54, 1.807) is 13.0 Å². The second kappa shape index (κ2) is 6.56. The van der Waals surface area contributed by atoms with Crippen LogP contribution in [0, 0.1) is 5.82 Å². The van der Waals surface area contributed by atoms with Crippen LogP contribution < -0.4 is 0 Å². The Hall–Kier alpha value is -2.56.